The first-order valence-electron chi connectivity index (χ1n) is 6.63. The van der Waals surface area contributed by atoms with Gasteiger partial charge in [-0.05, 0) is 24.6 Å². The molecule has 2 rings (SSSR count). The van der Waals surface area contributed by atoms with Crippen LogP contribution in [0.15, 0.2) is 60.7 Å². The van der Waals surface area contributed by atoms with Crippen molar-refractivity contribution in [3.63, 3.8) is 0 Å². The standard InChI is InChI=1S/C16H21NSi/c1-17-16(12-13-18,14-8-4-2-5-9-14)15-10-6-3-7-11-15/h2-11,17H,12-13H2,1,18H3. The quantitative estimate of drug-likeness (QED) is 0.809. The molecule has 0 amide bonds. The van der Waals surface area contributed by atoms with Gasteiger partial charge in [0.05, 0.1) is 5.54 Å². The summed E-state index contributed by atoms with van der Waals surface area (Å²) in [5.74, 6) is 0. The third-order valence-corrected chi connectivity index (χ3v) is 4.08. The number of rotatable bonds is 5. The van der Waals surface area contributed by atoms with Crippen LogP contribution in [0, 0.1) is 0 Å². The molecule has 0 saturated carbocycles. The third-order valence-electron chi connectivity index (χ3n) is 3.58. The van der Waals surface area contributed by atoms with Crippen molar-refractivity contribution in [2.75, 3.05) is 7.05 Å². The van der Waals surface area contributed by atoms with Gasteiger partial charge >= 0.3 is 0 Å². The van der Waals surface area contributed by atoms with E-state index in [-0.39, 0.29) is 5.54 Å². The molecule has 2 aromatic carbocycles. The van der Waals surface area contributed by atoms with Crippen LogP contribution < -0.4 is 5.32 Å². The van der Waals surface area contributed by atoms with Crippen LogP contribution in [0.3, 0.4) is 0 Å². The minimum Gasteiger partial charge on any atom is -0.307 e. The Morgan fingerprint density at radius 1 is 0.889 bits per heavy atom. The maximum atomic E-state index is 3.57. The molecule has 18 heavy (non-hydrogen) atoms. The molecule has 0 radical (unpaired) electrons. The van der Waals surface area contributed by atoms with E-state index in [2.05, 4.69) is 73.0 Å². The lowest BCUT2D eigenvalue weighted by Crippen LogP contribution is -2.41. The first-order chi connectivity index (χ1) is 8.83. The van der Waals surface area contributed by atoms with Crippen LogP contribution in [0.2, 0.25) is 6.04 Å². The summed E-state index contributed by atoms with van der Waals surface area (Å²) < 4.78 is 0. The van der Waals surface area contributed by atoms with E-state index in [1.54, 1.807) is 0 Å². The molecule has 2 aromatic rings. The first-order valence-corrected chi connectivity index (χ1v) is 8.05. The molecule has 2 heteroatoms. The van der Waals surface area contributed by atoms with Crippen molar-refractivity contribution in [1.82, 2.24) is 5.32 Å². The Hall–Kier alpha value is -1.38. The van der Waals surface area contributed by atoms with Crippen LogP contribution >= 0.6 is 0 Å². The monoisotopic (exact) mass is 255 g/mol. The molecular weight excluding hydrogens is 234 g/mol. The van der Waals surface area contributed by atoms with Gasteiger partial charge in [-0.1, -0.05) is 66.7 Å². The lowest BCUT2D eigenvalue weighted by Gasteiger charge is -2.35. The molecule has 0 aliphatic carbocycles. The molecule has 1 nitrogen and oxygen atoms in total. The molecule has 0 bridgehead atoms. The Morgan fingerprint density at radius 2 is 1.33 bits per heavy atom. The summed E-state index contributed by atoms with van der Waals surface area (Å²) in [6.45, 7) is 0. The summed E-state index contributed by atoms with van der Waals surface area (Å²) in [7, 11) is 3.30. The van der Waals surface area contributed by atoms with E-state index in [0.29, 0.717) is 0 Å². The van der Waals surface area contributed by atoms with Gasteiger partial charge in [-0.3, -0.25) is 0 Å². The van der Waals surface area contributed by atoms with Gasteiger partial charge in [-0.25, -0.2) is 0 Å². The fourth-order valence-corrected chi connectivity index (χ4v) is 3.44. The lowest BCUT2D eigenvalue weighted by molar-refractivity contribution is 0.423. The molecule has 0 aromatic heterocycles. The highest BCUT2D eigenvalue weighted by Gasteiger charge is 2.30. The second-order valence-corrected chi connectivity index (χ2v) is 5.64. The number of nitrogens with one attached hydrogen (secondary N) is 1. The summed E-state index contributed by atoms with van der Waals surface area (Å²) >= 11 is 0. The molecule has 0 saturated heterocycles. The van der Waals surface area contributed by atoms with Gasteiger partial charge in [0.15, 0.2) is 0 Å². The van der Waals surface area contributed by atoms with E-state index in [0.717, 1.165) is 6.42 Å². The van der Waals surface area contributed by atoms with E-state index in [1.807, 2.05) is 0 Å². The molecule has 0 aliphatic rings. The van der Waals surface area contributed by atoms with E-state index in [1.165, 1.54) is 27.4 Å². The topological polar surface area (TPSA) is 12.0 Å². The fraction of sp³-hybridized carbons (Fsp3) is 0.250. The minimum absolute atomic E-state index is 0.0374. The van der Waals surface area contributed by atoms with Crippen LogP contribution in [-0.2, 0) is 5.54 Å². The van der Waals surface area contributed by atoms with Crippen molar-refractivity contribution < 1.29 is 0 Å². The van der Waals surface area contributed by atoms with Gasteiger partial charge in [-0.15, -0.1) is 0 Å². The molecule has 94 valence electrons. The largest absolute Gasteiger partial charge is 0.307 e. The highest BCUT2D eigenvalue weighted by Crippen LogP contribution is 2.33. The van der Waals surface area contributed by atoms with Gasteiger partial charge in [0, 0.05) is 10.2 Å². The van der Waals surface area contributed by atoms with Crippen LogP contribution in [-0.4, -0.2) is 17.3 Å². The highest BCUT2D eigenvalue weighted by molar-refractivity contribution is 6.08. The van der Waals surface area contributed by atoms with Crippen LogP contribution in [0.1, 0.15) is 17.5 Å². The van der Waals surface area contributed by atoms with E-state index >= 15 is 0 Å². The zero-order chi connectivity index (χ0) is 12.8. The number of benzene rings is 2. The Balaban J connectivity index is 2.53. The Morgan fingerprint density at radius 3 is 1.67 bits per heavy atom. The highest BCUT2D eigenvalue weighted by atomic mass is 28.1. The van der Waals surface area contributed by atoms with Gasteiger partial charge in [-0.2, -0.15) is 0 Å². The zero-order valence-electron chi connectivity index (χ0n) is 11.2. The molecule has 0 spiro atoms. The summed E-state index contributed by atoms with van der Waals surface area (Å²) in [5, 5.41) is 3.57. The minimum atomic E-state index is -0.0374. The van der Waals surface area contributed by atoms with E-state index < -0.39 is 0 Å². The van der Waals surface area contributed by atoms with Gasteiger partial charge in [0.2, 0.25) is 0 Å². The Kier molecular flexibility index (Phi) is 4.34. The average Bonchev–Trinajstić information content (AvgIpc) is 2.47. The van der Waals surface area contributed by atoms with Crippen molar-refractivity contribution in [3.8, 4) is 0 Å². The molecule has 0 fully saturated rings. The molecule has 1 N–H and O–H groups in total. The predicted octanol–water partition coefficient (Wildman–Crippen LogP) is 2.32. The summed E-state index contributed by atoms with van der Waals surface area (Å²) in [6.07, 6.45) is 1.16. The third kappa shape index (κ3) is 2.40. The van der Waals surface area contributed by atoms with Crippen molar-refractivity contribution in [2.24, 2.45) is 0 Å². The summed E-state index contributed by atoms with van der Waals surface area (Å²) in [5.41, 5.74) is 2.67. The molecule has 0 aliphatic heterocycles. The maximum absolute atomic E-state index is 3.57. The van der Waals surface area contributed by atoms with Gasteiger partial charge in [0.25, 0.3) is 0 Å². The maximum Gasteiger partial charge on any atom is 0.0685 e. The SMILES string of the molecule is CNC(CC[SiH3])(c1ccccc1)c1ccccc1. The number of hydrogen-bond donors (Lipinski definition) is 1. The predicted molar refractivity (Wildman–Crippen MR) is 82.1 cm³/mol. The second-order valence-electron chi connectivity index (χ2n) is 4.64. The molecular formula is C16H21NSi. The first kappa shape index (κ1) is 13.1. The molecule has 0 atom stereocenters. The van der Waals surface area contributed by atoms with Crippen LogP contribution in [0.5, 0.6) is 0 Å². The van der Waals surface area contributed by atoms with Crippen LogP contribution in [0.25, 0.3) is 0 Å². The molecule has 0 heterocycles. The van der Waals surface area contributed by atoms with Crippen molar-refractivity contribution in [3.05, 3.63) is 71.8 Å². The smallest absolute Gasteiger partial charge is 0.0685 e. The Labute approximate surface area is 113 Å². The van der Waals surface area contributed by atoms with E-state index in [9.17, 15) is 0 Å². The lowest BCUT2D eigenvalue weighted by atomic mass is 9.81. The van der Waals surface area contributed by atoms with Crippen molar-refractivity contribution in [2.45, 2.75) is 18.0 Å². The Bertz CT molecular complexity index is 427. The number of hydrogen-bond acceptors (Lipinski definition) is 1. The van der Waals surface area contributed by atoms with Crippen molar-refractivity contribution >= 4 is 10.2 Å². The van der Waals surface area contributed by atoms with E-state index in [4.69, 9.17) is 0 Å². The normalized spacial score (nSPS) is 11.6. The second kappa shape index (κ2) is 5.98. The van der Waals surface area contributed by atoms with Gasteiger partial charge < -0.3 is 5.32 Å². The fourth-order valence-electron chi connectivity index (χ4n) is 2.69. The van der Waals surface area contributed by atoms with Crippen molar-refractivity contribution in [1.29, 1.82) is 0 Å². The molecule has 0 unspecified atom stereocenters. The average molecular weight is 255 g/mol. The summed E-state index contributed by atoms with van der Waals surface area (Å²) in [6, 6.07) is 22.8. The summed E-state index contributed by atoms with van der Waals surface area (Å²) in [4.78, 5) is 0. The van der Waals surface area contributed by atoms with Gasteiger partial charge in [0.1, 0.15) is 0 Å². The van der Waals surface area contributed by atoms with Crippen LogP contribution in [0.4, 0.5) is 0 Å². The zero-order valence-corrected chi connectivity index (χ0v) is 13.2.